The van der Waals surface area contributed by atoms with Crippen LogP contribution in [0.1, 0.15) is 37.3 Å². The van der Waals surface area contributed by atoms with Crippen molar-refractivity contribution in [3.8, 4) is 0 Å². The number of hydrogen-bond donors (Lipinski definition) is 0. The van der Waals surface area contributed by atoms with Crippen LogP contribution in [0, 0.1) is 0 Å². The molecule has 0 aromatic heterocycles. The van der Waals surface area contributed by atoms with Gasteiger partial charge in [0.05, 0.1) is 11.4 Å². The van der Waals surface area contributed by atoms with Crippen LogP contribution in [0.3, 0.4) is 0 Å². The summed E-state index contributed by atoms with van der Waals surface area (Å²) in [5, 5.41) is 0.644. The van der Waals surface area contributed by atoms with E-state index in [1.165, 1.54) is 0 Å². The van der Waals surface area contributed by atoms with Gasteiger partial charge in [0.2, 0.25) is 0 Å². The van der Waals surface area contributed by atoms with Gasteiger partial charge in [-0.3, -0.25) is 9.79 Å². The van der Waals surface area contributed by atoms with Crippen LogP contribution in [-0.2, 0) is 4.79 Å². The second-order valence-electron chi connectivity index (χ2n) is 6.06. The van der Waals surface area contributed by atoms with Gasteiger partial charge >= 0.3 is 0 Å². The van der Waals surface area contributed by atoms with Crippen LogP contribution in [0.15, 0.2) is 53.5 Å². The van der Waals surface area contributed by atoms with Gasteiger partial charge < -0.3 is 4.90 Å². The molecule has 3 rings (SSSR count). The van der Waals surface area contributed by atoms with E-state index in [9.17, 15) is 4.79 Å². The first-order chi connectivity index (χ1) is 11.6. The molecule has 0 saturated heterocycles. The highest BCUT2D eigenvalue weighted by Gasteiger charge is 2.29. The Morgan fingerprint density at radius 3 is 2.62 bits per heavy atom. The molecule has 1 aliphatic rings. The summed E-state index contributed by atoms with van der Waals surface area (Å²) in [5.41, 5.74) is 3.60. The Kier molecular flexibility index (Phi) is 5.00. The number of benzene rings is 2. The fourth-order valence-electron chi connectivity index (χ4n) is 3.02. The Bertz CT molecular complexity index is 770. The lowest BCUT2D eigenvalue weighted by Crippen LogP contribution is -2.34. The number of nitrogens with zero attached hydrogens (tertiary/aromatic N) is 2. The lowest BCUT2D eigenvalue weighted by atomic mass is 10.0. The first-order valence-electron chi connectivity index (χ1n) is 8.32. The molecule has 1 heterocycles. The van der Waals surface area contributed by atoms with E-state index in [-0.39, 0.29) is 11.9 Å². The summed E-state index contributed by atoms with van der Waals surface area (Å²) in [7, 11) is 1.82. The van der Waals surface area contributed by atoms with E-state index in [4.69, 9.17) is 16.6 Å². The molecule has 0 aliphatic carbocycles. The molecule has 0 radical (unpaired) electrons. The van der Waals surface area contributed by atoms with Crippen LogP contribution in [0.5, 0.6) is 0 Å². The average Bonchev–Trinajstić information content (AvgIpc) is 2.70. The molecule has 1 atom stereocenters. The highest BCUT2D eigenvalue weighted by molar-refractivity contribution is 6.32. The molecule has 0 spiro atoms. The molecule has 3 nitrogen and oxygen atoms in total. The Hall–Kier alpha value is -2.13. The van der Waals surface area contributed by atoms with Gasteiger partial charge in [0, 0.05) is 23.2 Å². The Labute approximate surface area is 148 Å². The van der Waals surface area contributed by atoms with Crippen molar-refractivity contribution in [1.29, 1.82) is 0 Å². The second-order valence-corrected chi connectivity index (χ2v) is 6.50. The second kappa shape index (κ2) is 7.18. The van der Waals surface area contributed by atoms with Crippen molar-refractivity contribution in [3.05, 3.63) is 64.7 Å². The smallest absolute Gasteiger partial charge is 0.251 e. The standard InChI is InChI=1S/C20H21ClN2O/c1-3-4-10-17-20(24)23(2)18-12-11-15(21)13-16(18)19(22-17)14-8-6-5-7-9-14/h5-9,11-13,17H,3-4,10H2,1-2H3. The minimum atomic E-state index is -0.351. The number of likely N-dealkylation sites (N-methyl/N-ethyl adjacent to an activating group) is 1. The van der Waals surface area contributed by atoms with E-state index in [1.54, 1.807) is 4.90 Å². The van der Waals surface area contributed by atoms with Crippen LogP contribution < -0.4 is 4.90 Å². The van der Waals surface area contributed by atoms with E-state index < -0.39 is 0 Å². The molecule has 24 heavy (non-hydrogen) atoms. The van der Waals surface area contributed by atoms with Crippen LogP contribution in [-0.4, -0.2) is 24.7 Å². The molecule has 1 aliphatic heterocycles. The van der Waals surface area contributed by atoms with Crippen molar-refractivity contribution in [1.82, 2.24) is 0 Å². The van der Waals surface area contributed by atoms with Crippen LogP contribution in [0.4, 0.5) is 5.69 Å². The van der Waals surface area contributed by atoms with Crippen molar-refractivity contribution < 1.29 is 4.79 Å². The fraction of sp³-hybridized carbons (Fsp3) is 0.300. The number of carbonyl (C=O) groups is 1. The summed E-state index contributed by atoms with van der Waals surface area (Å²) in [6.07, 6.45) is 2.78. The van der Waals surface area contributed by atoms with Gasteiger partial charge in [0.15, 0.2) is 0 Å². The monoisotopic (exact) mass is 340 g/mol. The first-order valence-corrected chi connectivity index (χ1v) is 8.70. The lowest BCUT2D eigenvalue weighted by molar-refractivity contribution is -0.119. The zero-order valence-electron chi connectivity index (χ0n) is 14.0. The van der Waals surface area contributed by atoms with Crippen molar-refractivity contribution in [2.45, 2.75) is 32.2 Å². The largest absolute Gasteiger partial charge is 0.313 e. The Morgan fingerprint density at radius 1 is 1.17 bits per heavy atom. The molecule has 0 saturated carbocycles. The number of benzodiazepines with no additional fused rings is 1. The summed E-state index contributed by atoms with van der Waals surface area (Å²) in [6.45, 7) is 2.13. The van der Waals surface area contributed by atoms with E-state index in [2.05, 4.69) is 6.92 Å². The maximum absolute atomic E-state index is 12.9. The normalized spacial score (nSPS) is 17.3. The number of carbonyl (C=O) groups excluding carboxylic acids is 1. The van der Waals surface area contributed by atoms with Crippen LogP contribution in [0.25, 0.3) is 0 Å². The van der Waals surface area contributed by atoms with E-state index in [1.807, 2.05) is 55.6 Å². The topological polar surface area (TPSA) is 32.7 Å². The first kappa shape index (κ1) is 16.7. The van der Waals surface area contributed by atoms with E-state index in [0.717, 1.165) is 41.8 Å². The molecule has 0 N–H and O–H groups in total. The fourth-order valence-corrected chi connectivity index (χ4v) is 3.20. The predicted molar refractivity (Wildman–Crippen MR) is 100 cm³/mol. The van der Waals surface area contributed by atoms with Gasteiger partial charge in [0.25, 0.3) is 5.91 Å². The van der Waals surface area contributed by atoms with Gasteiger partial charge in [-0.1, -0.05) is 61.7 Å². The Morgan fingerprint density at radius 2 is 1.92 bits per heavy atom. The molecular weight excluding hydrogens is 320 g/mol. The molecule has 1 unspecified atom stereocenters. The van der Waals surface area contributed by atoms with Gasteiger partial charge in [-0.2, -0.15) is 0 Å². The summed E-state index contributed by atoms with van der Waals surface area (Å²) in [5.74, 6) is 0.0398. The third-order valence-corrected chi connectivity index (χ3v) is 4.59. The summed E-state index contributed by atoms with van der Waals surface area (Å²) in [6, 6.07) is 15.3. The number of amides is 1. The highest BCUT2D eigenvalue weighted by atomic mass is 35.5. The Balaban J connectivity index is 2.18. The molecular formula is C20H21ClN2O. The molecule has 2 aromatic rings. The minimum Gasteiger partial charge on any atom is -0.313 e. The SMILES string of the molecule is CCCCC1N=C(c2ccccc2)c2cc(Cl)ccc2N(C)C1=O. The molecule has 0 fully saturated rings. The molecule has 124 valence electrons. The number of hydrogen-bond acceptors (Lipinski definition) is 2. The third kappa shape index (κ3) is 3.22. The molecule has 4 heteroatoms. The van der Waals surface area contributed by atoms with Crippen LogP contribution in [0.2, 0.25) is 5.02 Å². The summed E-state index contributed by atoms with van der Waals surface area (Å²) in [4.78, 5) is 19.4. The highest BCUT2D eigenvalue weighted by Crippen LogP contribution is 2.31. The number of fused-ring (bicyclic) bond motifs is 1. The quantitative estimate of drug-likeness (QED) is 0.793. The zero-order valence-corrected chi connectivity index (χ0v) is 14.8. The maximum Gasteiger partial charge on any atom is 0.251 e. The number of rotatable bonds is 4. The zero-order chi connectivity index (χ0) is 17.1. The number of halogens is 1. The summed E-state index contributed by atoms with van der Waals surface area (Å²) < 4.78 is 0. The minimum absolute atomic E-state index is 0.0398. The molecule has 2 aromatic carbocycles. The van der Waals surface area contributed by atoms with E-state index in [0.29, 0.717) is 5.02 Å². The maximum atomic E-state index is 12.9. The number of anilines is 1. The predicted octanol–water partition coefficient (Wildman–Crippen LogP) is 4.71. The van der Waals surface area contributed by atoms with E-state index >= 15 is 0 Å². The summed E-state index contributed by atoms with van der Waals surface area (Å²) >= 11 is 6.23. The molecule has 1 amide bonds. The van der Waals surface area contributed by atoms with Gasteiger partial charge in [-0.25, -0.2) is 0 Å². The van der Waals surface area contributed by atoms with Crippen LogP contribution >= 0.6 is 11.6 Å². The van der Waals surface area contributed by atoms with Gasteiger partial charge in [0.1, 0.15) is 6.04 Å². The van der Waals surface area contributed by atoms with Crippen molar-refractivity contribution in [2.24, 2.45) is 4.99 Å². The number of unbranched alkanes of at least 4 members (excludes halogenated alkanes) is 1. The van der Waals surface area contributed by atoms with Crippen molar-refractivity contribution in [3.63, 3.8) is 0 Å². The van der Waals surface area contributed by atoms with Crippen molar-refractivity contribution >= 4 is 28.9 Å². The van der Waals surface area contributed by atoms with Gasteiger partial charge in [-0.15, -0.1) is 0 Å². The van der Waals surface area contributed by atoms with Gasteiger partial charge in [-0.05, 0) is 24.6 Å². The third-order valence-electron chi connectivity index (χ3n) is 4.35. The average molecular weight is 341 g/mol. The number of aliphatic imine (C=N–C) groups is 1. The molecule has 0 bridgehead atoms. The van der Waals surface area contributed by atoms with Crippen molar-refractivity contribution in [2.75, 3.05) is 11.9 Å². The lowest BCUT2D eigenvalue weighted by Gasteiger charge is -2.20.